The molecule has 0 saturated carbocycles. The third kappa shape index (κ3) is 3.51. The van der Waals surface area contributed by atoms with Crippen LogP contribution in [0.3, 0.4) is 0 Å². The van der Waals surface area contributed by atoms with Gasteiger partial charge >= 0.3 is 0 Å². The zero-order valence-electron chi connectivity index (χ0n) is 11.0. The van der Waals surface area contributed by atoms with Gasteiger partial charge in [-0.1, -0.05) is 30.3 Å². The summed E-state index contributed by atoms with van der Waals surface area (Å²) in [5, 5.41) is 2.66. The number of anilines is 1. The highest BCUT2D eigenvalue weighted by atomic mass is 19.1. The van der Waals surface area contributed by atoms with Gasteiger partial charge in [-0.2, -0.15) is 0 Å². The second-order valence-electron chi connectivity index (χ2n) is 4.45. The summed E-state index contributed by atoms with van der Waals surface area (Å²) in [6, 6.07) is 12.8. The summed E-state index contributed by atoms with van der Waals surface area (Å²) in [4.78, 5) is 23.1. The SMILES string of the molecule is CC(=O)c1cccc(NC(=O)Cc2ccccc2F)c1. The van der Waals surface area contributed by atoms with E-state index in [1.54, 1.807) is 42.5 Å². The van der Waals surface area contributed by atoms with Crippen molar-refractivity contribution in [3.8, 4) is 0 Å². The van der Waals surface area contributed by atoms with E-state index in [0.29, 0.717) is 16.8 Å². The van der Waals surface area contributed by atoms with Crippen molar-refractivity contribution in [3.63, 3.8) is 0 Å². The van der Waals surface area contributed by atoms with Crippen molar-refractivity contribution in [2.75, 3.05) is 5.32 Å². The molecule has 3 nitrogen and oxygen atoms in total. The second-order valence-corrected chi connectivity index (χ2v) is 4.45. The number of Topliss-reactive ketones (excluding diaryl/α,β-unsaturated/α-hetero) is 1. The van der Waals surface area contributed by atoms with Crippen molar-refractivity contribution in [2.24, 2.45) is 0 Å². The van der Waals surface area contributed by atoms with E-state index < -0.39 is 5.82 Å². The van der Waals surface area contributed by atoms with Gasteiger partial charge < -0.3 is 5.32 Å². The van der Waals surface area contributed by atoms with Crippen molar-refractivity contribution in [2.45, 2.75) is 13.3 Å². The van der Waals surface area contributed by atoms with Crippen LogP contribution in [0.2, 0.25) is 0 Å². The molecule has 4 heteroatoms. The lowest BCUT2D eigenvalue weighted by Gasteiger charge is -2.07. The summed E-state index contributed by atoms with van der Waals surface area (Å²) in [6.07, 6.45) is -0.0447. The number of rotatable bonds is 4. The molecule has 2 aromatic carbocycles. The van der Waals surface area contributed by atoms with Gasteiger partial charge in [-0.15, -0.1) is 0 Å². The number of ketones is 1. The Kier molecular flexibility index (Phi) is 4.25. The molecule has 0 bridgehead atoms. The topological polar surface area (TPSA) is 46.2 Å². The van der Waals surface area contributed by atoms with Crippen LogP contribution in [0.4, 0.5) is 10.1 Å². The van der Waals surface area contributed by atoms with E-state index >= 15 is 0 Å². The first-order chi connectivity index (χ1) is 9.56. The molecule has 102 valence electrons. The molecule has 1 amide bonds. The molecule has 0 aliphatic heterocycles. The number of carbonyl (C=O) groups is 2. The highest BCUT2D eigenvalue weighted by Gasteiger charge is 2.08. The van der Waals surface area contributed by atoms with Crippen LogP contribution in [0.5, 0.6) is 0 Å². The Morgan fingerprint density at radius 3 is 2.55 bits per heavy atom. The van der Waals surface area contributed by atoms with Crippen molar-refractivity contribution < 1.29 is 14.0 Å². The van der Waals surface area contributed by atoms with Crippen LogP contribution in [-0.2, 0) is 11.2 Å². The average molecular weight is 271 g/mol. The van der Waals surface area contributed by atoms with Gasteiger partial charge in [0.1, 0.15) is 5.82 Å². The molecule has 0 unspecified atom stereocenters. The number of amides is 1. The molecule has 0 aromatic heterocycles. The predicted octanol–water partition coefficient (Wildman–Crippen LogP) is 3.21. The van der Waals surface area contributed by atoms with Crippen LogP contribution in [0.15, 0.2) is 48.5 Å². The molecule has 0 fully saturated rings. The van der Waals surface area contributed by atoms with E-state index in [1.165, 1.54) is 13.0 Å². The zero-order valence-corrected chi connectivity index (χ0v) is 11.0. The fourth-order valence-electron chi connectivity index (χ4n) is 1.84. The molecule has 20 heavy (non-hydrogen) atoms. The minimum Gasteiger partial charge on any atom is -0.326 e. The average Bonchev–Trinajstić information content (AvgIpc) is 2.41. The Labute approximate surface area is 116 Å². The lowest BCUT2D eigenvalue weighted by atomic mass is 10.1. The Morgan fingerprint density at radius 2 is 1.85 bits per heavy atom. The zero-order chi connectivity index (χ0) is 14.5. The number of carbonyl (C=O) groups excluding carboxylic acids is 2. The van der Waals surface area contributed by atoms with Gasteiger partial charge in [0, 0.05) is 11.3 Å². The van der Waals surface area contributed by atoms with Gasteiger partial charge in [0.2, 0.25) is 5.91 Å². The number of hydrogen-bond donors (Lipinski definition) is 1. The molecule has 0 heterocycles. The Balaban J connectivity index is 2.07. The highest BCUT2D eigenvalue weighted by Crippen LogP contribution is 2.13. The summed E-state index contributed by atoms with van der Waals surface area (Å²) in [5.41, 5.74) is 1.39. The Bertz CT molecular complexity index is 652. The van der Waals surface area contributed by atoms with Crippen LogP contribution in [0, 0.1) is 5.82 Å². The third-order valence-electron chi connectivity index (χ3n) is 2.86. The van der Waals surface area contributed by atoms with Crippen LogP contribution >= 0.6 is 0 Å². The van der Waals surface area contributed by atoms with E-state index in [0.717, 1.165) is 0 Å². The maximum Gasteiger partial charge on any atom is 0.228 e. The Morgan fingerprint density at radius 1 is 1.10 bits per heavy atom. The summed E-state index contributed by atoms with van der Waals surface area (Å²) in [5.74, 6) is -0.800. The number of nitrogens with one attached hydrogen (secondary N) is 1. The molecular formula is C16H14FNO2. The van der Waals surface area contributed by atoms with Crippen LogP contribution < -0.4 is 5.32 Å². The molecule has 0 spiro atoms. The van der Waals surface area contributed by atoms with E-state index in [9.17, 15) is 14.0 Å². The fourth-order valence-corrected chi connectivity index (χ4v) is 1.84. The normalized spacial score (nSPS) is 10.1. The van der Waals surface area contributed by atoms with Crippen molar-refractivity contribution in [1.82, 2.24) is 0 Å². The summed E-state index contributed by atoms with van der Waals surface area (Å²) < 4.78 is 13.4. The van der Waals surface area contributed by atoms with E-state index in [2.05, 4.69) is 5.32 Å². The number of benzene rings is 2. The van der Waals surface area contributed by atoms with E-state index in [4.69, 9.17) is 0 Å². The molecule has 0 aliphatic rings. The van der Waals surface area contributed by atoms with Gasteiger partial charge in [0.15, 0.2) is 5.78 Å². The van der Waals surface area contributed by atoms with Crippen LogP contribution in [0.25, 0.3) is 0 Å². The van der Waals surface area contributed by atoms with Crippen LogP contribution in [0.1, 0.15) is 22.8 Å². The smallest absolute Gasteiger partial charge is 0.228 e. The van der Waals surface area contributed by atoms with Gasteiger partial charge in [0.25, 0.3) is 0 Å². The summed E-state index contributed by atoms with van der Waals surface area (Å²) >= 11 is 0. The first-order valence-corrected chi connectivity index (χ1v) is 6.20. The predicted molar refractivity (Wildman–Crippen MR) is 75.2 cm³/mol. The monoisotopic (exact) mass is 271 g/mol. The molecule has 0 aliphatic carbocycles. The molecular weight excluding hydrogens is 257 g/mol. The van der Waals surface area contributed by atoms with Gasteiger partial charge in [-0.05, 0) is 30.7 Å². The number of halogens is 1. The minimum absolute atomic E-state index is 0.0447. The van der Waals surface area contributed by atoms with Crippen molar-refractivity contribution in [3.05, 3.63) is 65.5 Å². The standard InChI is InChI=1S/C16H14FNO2/c1-11(19)12-6-4-7-14(9-12)18-16(20)10-13-5-2-3-8-15(13)17/h2-9H,10H2,1H3,(H,18,20). The molecule has 0 atom stereocenters. The molecule has 2 rings (SSSR count). The van der Waals surface area contributed by atoms with Crippen LogP contribution in [-0.4, -0.2) is 11.7 Å². The van der Waals surface area contributed by atoms with E-state index in [-0.39, 0.29) is 18.1 Å². The number of hydrogen-bond acceptors (Lipinski definition) is 2. The fraction of sp³-hybridized carbons (Fsp3) is 0.125. The summed E-state index contributed by atoms with van der Waals surface area (Å²) in [7, 11) is 0. The molecule has 2 aromatic rings. The third-order valence-corrected chi connectivity index (χ3v) is 2.86. The van der Waals surface area contributed by atoms with Gasteiger partial charge in [0.05, 0.1) is 6.42 Å². The first-order valence-electron chi connectivity index (χ1n) is 6.20. The largest absolute Gasteiger partial charge is 0.326 e. The van der Waals surface area contributed by atoms with Gasteiger partial charge in [-0.25, -0.2) is 4.39 Å². The van der Waals surface area contributed by atoms with Gasteiger partial charge in [-0.3, -0.25) is 9.59 Å². The minimum atomic E-state index is -0.403. The molecule has 0 radical (unpaired) electrons. The Hall–Kier alpha value is -2.49. The maximum absolute atomic E-state index is 13.4. The summed E-state index contributed by atoms with van der Waals surface area (Å²) in [6.45, 7) is 1.46. The second kappa shape index (κ2) is 6.10. The molecule has 0 saturated heterocycles. The lowest BCUT2D eigenvalue weighted by Crippen LogP contribution is -2.15. The molecule has 1 N–H and O–H groups in total. The lowest BCUT2D eigenvalue weighted by molar-refractivity contribution is -0.115. The van der Waals surface area contributed by atoms with Crippen molar-refractivity contribution >= 4 is 17.4 Å². The maximum atomic E-state index is 13.4. The highest BCUT2D eigenvalue weighted by molar-refractivity contribution is 5.97. The quantitative estimate of drug-likeness (QED) is 0.868. The first kappa shape index (κ1) is 13.9. The van der Waals surface area contributed by atoms with E-state index in [1.807, 2.05) is 0 Å². The van der Waals surface area contributed by atoms with Crippen molar-refractivity contribution in [1.29, 1.82) is 0 Å².